The second kappa shape index (κ2) is 2.97. The number of aromatic nitrogens is 1. The molecule has 1 aromatic heterocycles. The standard InChI is InChI=1S/C10H13N3O/c1-10(2)6-14-9(13-10)7-4-3-5-8(11)12-7/h3-5H,6H2,1-2H3,(H2,11,12). The molecule has 1 aromatic rings. The van der Waals surface area contributed by atoms with Gasteiger partial charge in [-0.15, -0.1) is 0 Å². The Morgan fingerprint density at radius 2 is 2.21 bits per heavy atom. The van der Waals surface area contributed by atoms with Crippen molar-refractivity contribution >= 4 is 11.7 Å². The molecular weight excluding hydrogens is 178 g/mol. The van der Waals surface area contributed by atoms with Crippen LogP contribution in [0.1, 0.15) is 19.5 Å². The van der Waals surface area contributed by atoms with Gasteiger partial charge in [-0.1, -0.05) is 6.07 Å². The van der Waals surface area contributed by atoms with Crippen LogP contribution in [0.3, 0.4) is 0 Å². The summed E-state index contributed by atoms with van der Waals surface area (Å²) >= 11 is 0. The van der Waals surface area contributed by atoms with E-state index in [2.05, 4.69) is 9.98 Å². The quantitative estimate of drug-likeness (QED) is 0.726. The average Bonchev–Trinajstić information content (AvgIpc) is 2.46. The zero-order valence-electron chi connectivity index (χ0n) is 8.32. The normalized spacial score (nSPS) is 18.9. The van der Waals surface area contributed by atoms with Gasteiger partial charge in [0.05, 0.1) is 5.54 Å². The van der Waals surface area contributed by atoms with Crippen LogP contribution in [0.4, 0.5) is 5.82 Å². The van der Waals surface area contributed by atoms with Crippen molar-refractivity contribution in [3.05, 3.63) is 23.9 Å². The first kappa shape index (κ1) is 8.99. The van der Waals surface area contributed by atoms with Crippen molar-refractivity contribution in [2.45, 2.75) is 19.4 Å². The third-order valence-electron chi connectivity index (χ3n) is 1.96. The van der Waals surface area contributed by atoms with Gasteiger partial charge in [-0.3, -0.25) is 0 Å². The highest BCUT2D eigenvalue weighted by Gasteiger charge is 2.27. The Morgan fingerprint density at radius 3 is 2.79 bits per heavy atom. The van der Waals surface area contributed by atoms with Crippen LogP contribution in [0.5, 0.6) is 0 Å². The van der Waals surface area contributed by atoms with Crippen molar-refractivity contribution in [1.29, 1.82) is 0 Å². The van der Waals surface area contributed by atoms with E-state index >= 15 is 0 Å². The lowest BCUT2D eigenvalue weighted by Crippen LogP contribution is -2.17. The van der Waals surface area contributed by atoms with Gasteiger partial charge in [-0.25, -0.2) is 9.98 Å². The molecule has 1 aliphatic rings. The van der Waals surface area contributed by atoms with Crippen LogP contribution >= 0.6 is 0 Å². The third kappa shape index (κ3) is 1.69. The minimum Gasteiger partial charge on any atom is -0.474 e. The predicted octanol–water partition coefficient (Wildman–Crippen LogP) is 1.22. The zero-order valence-corrected chi connectivity index (χ0v) is 8.32. The van der Waals surface area contributed by atoms with Crippen LogP contribution < -0.4 is 5.73 Å². The number of anilines is 1. The Hall–Kier alpha value is -1.58. The van der Waals surface area contributed by atoms with Crippen molar-refractivity contribution in [3.8, 4) is 0 Å². The highest BCUT2D eigenvalue weighted by Crippen LogP contribution is 2.19. The van der Waals surface area contributed by atoms with E-state index in [1.54, 1.807) is 6.07 Å². The molecular formula is C10H13N3O. The SMILES string of the molecule is CC1(C)COC(c2cccc(N)n2)=N1. The number of aliphatic imine (C=N–C) groups is 1. The molecule has 0 unspecified atom stereocenters. The Morgan fingerprint density at radius 1 is 1.43 bits per heavy atom. The Balaban J connectivity index is 2.33. The summed E-state index contributed by atoms with van der Waals surface area (Å²) in [4.78, 5) is 8.55. The summed E-state index contributed by atoms with van der Waals surface area (Å²) in [6.45, 7) is 4.64. The number of rotatable bonds is 1. The number of hydrogen-bond donors (Lipinski definition) is 1. The van der Waals surface area contributed by atoms with E-state index in [0.29, 0.717) is 24.0 Å². The van der Waals surface area contributed by atoms with Gasteiger partial charge in [0.15, 0.2) is 0 Å². The lowest BCUT2D eigenvalue weighted by atomic mass is 10.1. The molecule has 2 N–H and O–H groups in total. The second-order valence-corrected chi connectivity index (χ2v) is 3.97. The molecule has 0 saturated carbocycles. The third-order valence-corrected chi connectivity index (χ3v) is 1.96. The summed E-state index contributed by atoms with van der Waals surface area (Å²) in [6.07, 6.45) is 0. The molecule has 0 aromatic carbocycles. The smallest absolute Gasteiger partial charge is 0.236 e. The Labute approximate surface area is 82.8 Å². The van der Waals surface area contributed by atoms with Gasteiger partial charge in [0, 0.05) is 0 Å². The molecule has 0 amide bonds. The first-order chi connectivity index (χ1) is 6.57. The van der Waals surface area contributed by atoms with Gasteiger partial charge in [-0.05, 0) is 26.0 Å². The summed E-state index contributed by atoms with van der Waals surface area (Å²) in [5.41, 5.74) is 6.13. The fourth-order valence-corrected chi connectivity index (χ4v) is 1.29. The van der Waals surface area contributed by atoms with E-state index < -0.39 is 0 Å². The number of nitrogens with zero attached hydrogens (tertiary/aromatic N) is 2. The Bertz CT molecular complexity index is 385. The maximum absolute atomic E-state index is 5.57. The molecule has 0 saturated heterocycles. The van der Waals surface area contributed by atoms with Gasteiger partial charge < -0.3 is 10.5 Å². The van der Waals surface area contributed by atoms with Crippen LogP contribution in [-0.4, -0.2) is 23.0 Å². The molecule has 4 heteroatoms. The van der Waals surface area contributed by atoms with E-state index in [9.17, 15) is 0 Å². The molecule has 0 radical (unpaired) electrons. The van der Waals surface area contributed by atoms with Gasteiger partial charge in [0.25, 0.3) is 0 Å². The highest BCUT2D eigenvalue weighted by atomic mass is 16.5. The molecule has 2 rings (SSSR count). The minimum atomic E-state index is -0.151. The van der Waals surface area contributed by atoms with Crippen LogP contribution in [-0.2, 0) is 4.74 Å². The van der Waals surface area contributed by atoms with Crippen molar-refractivity contribution in [2.75, 3.05) is 12.3 Å². The van der Waals surface area contributed by atoms with Crippen LogP contribution in [0, 0.1) is 0 Å². The molecule has 0 bridgehead atoms. The first-order valence-corrected chi connectivity index (χ1v) is 4.52. The summed E-state index contributed by atoms with van der Waals surface area (Å²) < 4.78 is 5.44. The summed E-state index contributed by atoms with van der Waals surface area (Å²) in [7, 11) is 0. The van der Waals surface area contributed by atoms with E-state index in [0.717, 1.165) is 0 Å². The summed E-state index contributed by atoms with van der Waals surface area (Å²) in [5, 5.41) is 0. The largest absolute Gasteiger partial charge is 0.474 e. The van der Waals surface area contributed by atoms with Crippen molar-refractivity contribution in [2.24, 2.45) is 4.99 Å². The molecule has 0 spiro atoms. The number of nitrogens with two attached hydrogens (primary N) is 1. The van der Waals surface area contributed by atoms with Crippen molar-refractivity contribution in [3.63, 3.8) is 0 Å². The highest BCUT2D eigenvalue weighted by molar-refractivity contribution is 5.93. The van der Waals surface area contributed by atoms with Crippen LogP contribution in [0.2, 0.25) is 0 Å². The van der Waals surface area contributed by atoms with Gasteiger partial charge in [-0.2, -0.15) is 0 Å². The zero-order chi connectivity index (χ0) is 10.2. The van der Waals surface area contributed by atoms with Crippen LogP contribution in [0.15, 0.2) is 23.2 Å². The molecule has 0 fully saturated rings. The van der Waals surface area contributed by atoms with Crippen molar-refractivity contribution < 1.29 is 4.74 Å². The number of ether oxygens (including phenoxy) is 1. The predicted molar refractivity (Wildman–Crippen MR) is 55.2 cm³/mol. The lowest BCUT2D eigenvalue weighted by molar-refractivity contribution is 0.279. The fourth-order valence-electron chi connectivity index (χ4n) is 1.29. The van der Waals surface area contributed by atoms with E-state index in [-0.39, 0.29) is 5.54 Å². The number of nitrogen functional groups attached to an aromatic ring is 1. The maximum atomic E-state index is 5.57. The average molecular weight is 191 g/mol. The topological polar surface area (TPSA) is 60.5 Å². The molecule has 74 valence electrons. The fraction of sp³-hybridized carbons (Fsp3) is 0.400. The molecule has 1 aliphatic heterocycles. The van der Waals surface area contributed by atoms with Gasteiger partial charge >= 0.3 is 0 Å². The second-order valence-electron chi connectivity index (χ2n) is 3.97. The van der Waals surface area contributed by atoms with Crippen molar-refractivity contribution in [1.82, 2.24) is 4.98 Å². The first-order valence-electron chi connectivity index (χ1n) is 4.52. The summed E-state index contributed by atoms with van der Waals surface area (Å²) in [5.74, 6) is 1.07. The number of pyridine rings is 1. The number of hydrogen-bond acceptors (Lipinski definition) is 4. The monoisotopic (exact) mass is 191 g/mol. The van der Waals surface area contributed by atoms with Gasteiger partial charge in [0.1, 0.15) is 18.1 Å². The minimum absolute atomic E-state index is 0.151. The molecule has 0 aliphatic carbocycles. The summed E-state index contributed by atoms with van der Waals surface area (Å²) in [6, 6.07) is 5.43. The molecule has 2 heterocycles. The maximum Gasteiger partial charge on any atom is 0.236 e. The Kier molecular flexibility index (Phi) is 1.91. The molecule has 0 atom stereocenters. The van der Waals surface area contributed by atoms with E-state index in [4.69, 9.17) is 10.5 Å². The molecule has 14 heavy (non-hydrogen) atoms. The van der Waals surface area contributed by atoms with Gasteiger partial charge in [0.2, 0.25) is 5.90 Å². The molecule has 4 nitrogen and oxygen atoms in total. The van der Waals surface area contributed by atoms with E-state index in [1.807, 2.05) is 26.0 Å². The van der Waals surface area contributed by atoms with Crippen LogP contribution in [0.25, 0.3) is 0 Å². The van der Waals surface area contributed by atoms with E-state index in [1.165, 1.54) is 0 Å². The lowest BCUT2D eigenvalue weighted by Gasteiger charge is -2.07.